The maximum Gasteiger partial charge on any atom is 0.173 e. The van der Waals surface area contributed by atoms with Crippen molar-refractivity contribution in [1.29, 1.82) is 0 Å². The van der Waals surface area contributed by atoms with Crippen molar-refractivity contribution < 1.29 is 4.79 Å². The average molecular weight is 340 g/mol. The summed E-state index contributed by atoms with van der Waals surface area (Å²) < 4.78 is 1.81. The molecule has 0 saturated heterocycles. The lowest BCUT2D eigenvalue weighted by atomic mass is 9.94. The van der Waals surface area contributed by atoms with Crippen molar-refractivity contribution in [1.82, 2.24) is 14.8 Å². The van der Waals surface area contributed by atoms with Crippen LogP contribution in [0.15, 0.2) is 48.2 Å². The molecule has 5 nitrogen and oxygen atoms in total. The molecular formula is C18H20N4OS. The SMILES string of the molecule is Cn1nccc1-c1csc(C(=O)C[C@H](CN)Cc2cccnc2)c1. The van der Waals surface area contributed by atoms with Crippen LogP contribution in [-0.2, 0) is 13.5 Å². The number of pyridine rings is 1. The molecule has 0 aliphatic rings. The second-order valence-electron chi connectivity index (χ2n) is 5.83. The number of hydrogen-bond acceptors (Lipinski definition) is 5. The van der Waals surface area contributed by atoms with Gasteiger partial charge in [0.05, 0.1) is 10.6 Å². The largest absolute Gasteiger partial charge is 0.330 e. The molecule has 3 aromatic rings. The molecule has 0 aromatic carbocycles. The number of ketones is 1. The van der Waals surface area contributed by atoms with Crippen molar-refractivity contribution in [2.75, 3.05) is 6.54 Å². The van der Waals surface area contributed by atoms with Gasteiger partial charge < -0.3 is 5.73 Å². The quantitative estimate of drug-likeness (QED) is 0.671. The number of carbonyl (C=O) groups excluding carboxylic acids is 1. The Morgan fingerprint density at radius 1 is 1.38 bits per heavy atom. The first-order valence-electron chi connectivity index (χ1n) is 7.86. The number of nitrogens with zero attached hydrogens (tertiary/aromatic N) is 3. The Bertz CT molecular complexity index is 809. The van der Waals surface area contributed by atoms with Crippen LogP contribution in [0.3, 0.4) is 0 Å². The Balaban J connectivity index is 1.68. The molecule has 3 aromatic heterocycles. The lowest BCUT2D eigenvalue weighted by molar-refractivity contribution is 0.0966. The van der Waals surface area contributed by atoms with E-state index in [1.165, 1.54) is 11.3 Å². The zero-order chi connectivity index (χ0) is 16.9. The van der Waals surface area contributed by atoms with E-state index in [0.717, 1.165) is 28.1 Å². The lowest BCUT2D eigenvalue weighted by Gasteiger charge is -2.13. The Hall–Kier alpha value is -2.31. The van der Waals surface area contributed by atoms with Gasteiger partial charge in [0.15, 0.2) is 5.78 Å². The molecule has 0 spiro atoms. The van der Waals surface area contributed by atoms with Gasteiger partial charge in [-0.3, -0.25) is 14.5 Å². The summed E-state index contributed by atoms with van der Waals surface area (Å²) in [5.74, 6) is 0.275. The average Bonchev–Trinajstić information content (AvgIpc) is 3.23. The van der Waals surface area contributed by atoms with E-state index in [-0.39, 0.29) is 11.7 Å². The van der Waals surface area contributed by atoms with Crippen LogP contribution >= 0.6 is 11.3 Å². The molecule has 1 atom stereocenters. The second-order valence-corrected chi connectivity index (χ2v) is 6.75. The monoisotopic (exact) mass is 340 g/mol. The molecule has 0 unspecified atom stereocenters. The van der Waals surface area contributed by atoms with Gasteiger partial charge in [-0.05, 0) is 42.6 Å². The van der Waals surface area contributed by atoms with Crippen molar-refractivity contribution in [3.63, 3.8) is 0 Å². The number of nitrogens with two attached hydrogens (primary N) is 1. The van der Waals surface area contributed by atoms with E-state index in [1.54, 1.807) is 17.1 Å². The zero-order valence-corrected chi connectivity index (χ0v) is 14.4. The molecule has 0 saturated carbocycles. The summed E-state index contributed by atoms with van der Waals surface area (Å²) in [6.45, 7) is 0.487. The minimum Gasteiger partial charge on any atom is -0.330 e. The van der Waals surface area contributed by atoms with Crippen LogP contribution in [0.4, 0.5) is 0 Å². The fraction of sp³-hybridized carbons (Fsp3) is 0.278. The second kappa shape index (κ2) is 7.51. The topological polar surface area (TPSA) is 73.8 Å². The van der Waals surface area contributed by atoms with Crippen LogP contribution in [0.1, 0.15) is 21.7 Å². The Kier molecular flexibility index (Phi) is 5.17. The summed E-state index contributed by atoms with van der Waals surface area (Å²) in [4.78, 5) is 17.5. The third-order valence-electron chi connectivity index (χ3n) is 4.05. The summed E-state index contributed by atoms with van der Waals surface area (Å²) in [6.07, 6.45) is 6.57. The van der Waals surface area contributed by atoms with Crippen LogP contribution in [0, 0.1) is 5.92 Å². The molecule has 0 fully saturated rings. The number of thiophene rings is 1. The van der Waals surface area contributed by atoms with Gasteiger partial charge in [-0.2, -0.15) is 5.10 Å². The van der Waals surface area contributed by atoms with E-state index < -0.39 is 0 Å². The fourth-order valence-electron chi connectivity index (χ4n) is 2.73. The van der Waals surface area contributed by atoms with E-state index in [0.29, 0.717) is 13.0 Å². The molecule has 0 amide bonds. The fourth-order valence-corrected chi connectivity index (χ4v) is 3.58. The third-order valence-corrected chi connectivity index (χ3v) is 5.02. The van der Waals surface area contributed by atoms with Gasteiger partial charge in [0, 0.05) is 43.0 Å². The van der Waals surface area contributed by atoms with Gasteiger partial charge in [0.1, 0.15) is 0 Å². The van der Waals surface area contributed by atoms with Crippen LogP contribution in [0.25, 0.3) is 11.3 Å². The first kappa shape index (κ1) is 16.5. The molecule has 3 heterocycles. The highest BCUT2D eigenvalue weighted by Gasteiger charge is 2.17. The number of Topliss-reactive ketones (excluding diaryl/α,β-unsaturated/α-hetero) is 1. The molecule has 0 radical (unpaired) electrons. The van der Waals surface area contributed by atoms with E-state index >= 15 is 0 Å². The van der Waals surface area contributed by atoms with Gasteiger partial charge in [-0.1, -0.05) is 6.07 Å². The molecule has 124 valence electrons. The highest BCUT2D eigenvalue weighted by atomic mass is 32.1. The Labute approximate surface area is 145 Å². The highest BCUT2D eigenvalue weighted by molar-refractivity contribution is 7.12. The molecule has 2 N–H and O–H groups in total. The number of carbonyl (C=O) groups is 1. The maximum absolute atomic E-state index is 12.6. The highest BCUT2D eigenvalue weighted by Crippen LogP contribution is 2.27. The first-order valence-corrected chi connectivity index (χ1v) is 8.74. The molecule has 0 bridgehead atoms. The van der Waals surface area contributed by atoms with Crippen molar-refractivity contribution >= 4 is 17.1 Å². The third kappa shape index (κ3) is 3.77. The van der Waals surface area contributed by atoms with Gasteiger partial charge in [0.25, 0.3) is 0 Å². The predicted molar refractivity (Wildman–Crippen MR) is 96.0 cm³/mol. The van der Waals surface area contributed by atoms with Crippen LogP contribution in [0.5, 0.6) is 0 Å². The van der Waals surface area contributed by atoms with Crippen LogP contribution in [-0.4, -0.2) is 27.1 Å². The van der Waals surface area contributed by atoms with Crippen LogP contribution < -0.4 is 5.73 Å². The standard InChI is InChI=1S/C18H20N4OS/c1-22-16(4-6-21-22)15-9-18(24-12-15)17(23)8-14(10-19)7-13-3-2-5-20-11-13/h2-6,9,11-12,14H,7-8,10,19H2,1H3/t14-/m1/s1. The van der Waals surface area contributed by atoms with Crippen molar-refractivity contribution in [2.45, 2.75) is 12.8 Å². The maximum atomic E-state index is 12.6. The first-order chi connectivity index (χ1) is 11.7. The van der Waals surface area contributed by atoms with Crippen molar-refractivity contribution in [3.8, 4) is 11.3 Å². The van der Waals surface area contributed by atoms with E-state index in [1.807, 2.05) is 42.9 Å². The van der Waals surface area contributed by atoms with E-state index in [2.05, 4.69) is 10.1 Å². The predicted octanol–water partition coefficient (Wildman–Crippen LogP) is 2.93. The summed E-state index contributed by atoms with van der Waals surface area (Å²) in [5.41, 5.74) is 9.02. The smallest absolute Gasteiger partial charge is 0.173 e. The van der Waals surface area contributed by atoms with E-state index in [4.69, 9.17) is 5.73 Å². The van der Waals surface area contributed by atoms with Crippen molar-refractivity contribution in [2.24, 2.45) is 18.7 Å². The minimum absolute atomic E-state index is 0.129. The van der Waals surface area contributed by atoms with Gasteiger partial charge in [-0.15, -0.1) is 11.3 Å². The molecule has 24 heavy (non-hydrogen) atoms. The minimum atomic E-state index is 0.129. The number of aromatic nitrogens is 3. The Morgan fingerprint density at radius 2 is 2.25 bits per heavy atom. The number of hydrogen-bond donors (Lipinski definition) is 1. The number of aryl methyl sites for hydroxylation is 1. The summed E-state index contributed by atoms with van der Waals surface area (Å²) in [7, 11) is 1.90. The van der Waals surface area contributed by atoms with Gasteiger partial charge in [0.2, 0.25) is 0 Å². The van der Waals surface area contributed by atoms with Gasteiger partial charge >= 0.3 is 0 Å². The number of rotatable bonds is 7. The van der Waals surface area contributed by atoms with E-state index in [9.17, 15) is 4.79 Å². The molecule has 0 aliphatic carbocycles. The normalized spacial score (nSPS) is 12.2. The summed E-state index contributed by atoms with van der Waals surface area (Å²) in [6, 6.07) is 7.82. The van der Waals surface area contributed by atoms with Crippen LogP contribution in [0.2, 0.25) is 0 Å². The zero-order valence-electron chi connectivity index (χ0n) is 13.6. The van der Waals surface area contributed by atoms with Gasteiger partial charge in [-0.25, -0.2) is 0 Å². The van der Waals surface area contributed by atoms with Crippen molar-refractivity contribution in [3.05, 3.63) is 58.7 Å². The molecular weight excluding hydrogens is 320 g/mol. The summed E-state index contributed by atoms with van der Waals surface area (Å²) in [5, 5.41) is 6.17. The lowest BCUT2D eigenvalue weighted by Crippen LogP contribution is -2.20. The summed E-state index contributed by atoms with van der Waals surface area (Å²) >= 11 is 1.48. The molecule has 0 aliphatic heterocycles. The Morgan fingerprint density at radius 3 is 2.92 bits per heavy atom. The molecule has 6 heteroatoms. The molecule has 3 rings (SSSR count).